The molecule has 2 aromatic rings. The van der Waals surface area contributed by atoms with Crippen molar-refractivity contribution in [1.82, 2.24) is 15.2 Å². The molecule has 1 aliphatic carbocycles. The largest absolute Gasteiger partial charge is 0.359 e. The highest BCUT2D eigenvalue weighted by Gasteiger charge is 2.72. The third kappa shape index (κ3) is 4.76. The number of rotatable bonds is 7. The predicted octanol–water partition coefficient (Wildman–Crippen LogP) is 4.44. The Balaban J connectivity index is 1.30. The van der Waals surface area contributed by atoms with Crippen LogP contribution in [0.5, 0.6) is 0 Å². The molecule has 1 spiro atoms. The summed E-state index contributed by atoms with van der Waals surface area (Å²) in [5, 5.41) is 6.32. The molecule has 3 aliphatic heterocycles. The number of hydrogen-bond acceptors (Lipinski definition) is 5. The molecule has 1 aromatic carbocycles. The summed E-state index contributed by atoms with van der Waals surface area (Å²) < 4.78 is 6.50. The molecule has 2 bridgehead atoms. The van der Waals surface area contributed by atoms with Crippen molar-refractivity contribution in [3.8, 4) is 0 Å². The van der Waals surface area contributed by atoms with Crippen LogP contribution in [0.1, 0.15) is 64.0 Å². The summed E-state index contributed by atoms with van der Waals surface area (Å²) in [7, 11) is 0. The lowest BCUT2D eigenvalue weighted by molar-refractivity contribution is -0.142. The van der Waals surface area contributed by atoms with E-state index in [-0.39, 0.29) is 30.3 Å². The van der Waals surface area contributed by atoms with Gasteiger partial charge in [-0.05, 0) is 53.5 Å². The Kier molecular flexibility index (Phi) is 7.22. The molecule has 41 heavy (non-hydrogen) atoms. The van der Waals surface area contributed by atoms with Crippen molar-refractivity contribution < 1.29 is 19.1 Å². The molecule has 1 saturated carbocycles. The highest BCUT2D eigenvalue weighted by molar-refractivity contribution is 6.02. The molecule has 2 saturated heterocycles. The molecule has 6 rings (SSSR count). The Morgan fingerprint density at radius 3 is 2.61 bits per heavy atom. The first-order valence-electron chi connectivity index (χ1n) is 15.0. The molecule has 8 heteroatoms. The Bertz CT molecular complexity index is 1340. The number of hydrogen-bond donors (Lipinski definition) is 2. The number of carbonyl (C=O) groups is 3. The predicted molar refractivity (Wildman–Crippen MR) is 156 cm³/mol. The van der Waals surface area contributed by atoms with Crippen LogP contribution in [0.25, 0.3) is 0 Å². The summed E-state index contributed by atoms with van der Waals surface area (Å²) in [4.78, 5) is 47.9. The molecule has 3 amide bonds. The maximum absolute atomic E-state index is 14.2. The van der Waals surface area contributed by atoms with Crippen LogP contribution in [0.15, 0.2) is 60.9 Å². The van der Waals surface area contributed by atoms with Gasteiger partial charge in [-0.1, -0.05) is 70.9 Å². The number of ether oxygens (including phenoxy) is 1. The summed E-state index contributed by atoms with van der Waals surface area (Å²) in [6.45, 7) is 8.88. The van der Waals surface area contributed by atoms with Gasteiger partial charge in [0, 0.05) is 30.7 Å². The van der Waals surface area contributed by atoms with Gasteiger partial charge >= 0.3 is 0 Å². The number of benzene rings is 1. The zero-order valence-corrected chi connectivity index (χ0v) is 24.2. The second-order valence-corrected chi connectivity index (χ2v) is 12.7. The Labute approximate surface area is 241 Å². The Morgan fingerprint density at radius 2 is 1.90 bits per heavy atom. The minimum Gasteiger partial charge on any atom is -0.359 e. The lowest BCUT2D eigenvalue weighted by Gasteiger charge is -2.38. The van der Waals surface area contributed by atoms with Crippen molar-refractivity contribution in [3.05, 3.63) is 72.1 Å². The van der Waals surface area contributed by atoms with Gasteiger partial charge in [-0.3, -0.25) is 19.4 Å². The standard InChI is InChI=1S/C33H40N4O4/c1-19(2)23-10-12-24(13-11-23)35-30(38)27-26-14-15-33(41-26)28(27)32(40)37(18-22-8-6-16-34-17-22)29(33)31(39)36-25-9-5-7-20(3)21(25)4/h6,8,10-17,19-21,25-29H,5,7,9,18H2,1-4H3,(H,35,38)(H,36,39)/t20-,21+,25-,26-,27+,28-,29-,33-/m1/s1. The summed E-state index contributed by atoms with van der Waals surface area (Å²) in [6.07, 6.45) is 9.67. The Hall–Kier alpha value is -3.52. The third-order valence-electron chi connectivity index (χ3n) is 9.88. The van der Waals surface area contributed by atoms with Gasteiger partial charge in [-0.2, -0.15) is 0 Å². The van der Waals surface area contributed by atoms with Gasteiger partial charge in [-0.25, -0.2) is 0 Å². The maximum Gasteiger partial charge on any atom is 0.246 e. The normalized spacial score (nSPS) is 33.7. The number of pyridine rings is 1. The monoisotopic (exact) mass is 556 g/mol. The number of amides is 3. The van der Waals surface area contributed by atoms with E-state index in [4.69, 9.17) is 4.74 Å². The molecular formula is C33H40N4O4. The van der Waals surface area contributed by atoms with Crippen LogP contribution in [0.3, 0.4) is 0 Å². The van der Waals surface area contributed by atoms with Crippen LogP contribution in [0.2, 0.25) is 0 Å². The lowest BCUT2D eigenvalue weighted by atomic mass is 9.73. The molecule has 4 heterocycles. The van der Waals surface area contributed by atoms with E-state index in [0.29, 0.717) is 23.4 Å². The summed E-state index contributed by atoms with van der Waals surface area (Å²) >= 11 is 0. The first-order chi connectivity index (χ1) is 19.7. The molecule has 216 valence electrons. The van der Waals surface area contributed by atoms with E-state index < -0.39 is 29.6 Å². The van der Waals surface area contributed by atoms with Crippen molar-refractivity contribution in [2.45, 2.75) is 83.2 Å². The van der Waals surface area contributed by atoms with E-state index in [1.165, 1.54) is 5.56 Å². The highest BCUT2D eigenvalue weighted by atomic mass is 16.5. The topological polar surface area (TPSA) is 101 Å². The average Bonchev–Trinajstić information content (AvgIpc) is 3.59. The molecule has 8 atom stereocenters. The van der Waals surface area contributed by atoms with Gasteiger partial charge in [0.1, 0.15) is 11.6 Å². The molecule has 3 fully saturated rings. The minimum atomic E-state index is -1.19. The maximum atomic E-state index is 14.2. The van der Waals surface area contributed by atoms with Gasteiger partial charge in [0.2, 0.25) is 17.7 Å². The number of fused-ring (bicyclic) bond motifs is 1. The van der Waals surface area contributed by atoms with Crippen molar-refractivity contribution in [2.24, 2.45) is 23.7 Å². The lowest BCUT2D eigenvalue weighted by Crippen LogP contribution is -2.57. The number of anilines is 1. The van der Waals surface area contributed by atoms with Crippen LogP contribution >= 0.6 is 0 Å². The van der Waals surface area contributed by atoms with Crippen molar-refractivity contribution >= 4 is 23.4 Å². The van der Waals surface area contributed by atoms with E-state index in [0.717, 1.165) is 24.8 Å². The van der Waals surface area contributed by atoms with Gasteiger partial charge in [0.15, 0.2) is 0 Å². The van der Waals surface area contributed by atoms with Crippen LogP contribution in [0, 0.1) is 23.7 Å². The number of nitrogens with zero attached hydrogens (tertiary/aromatic N) is 2. The molecule has 1 aromatic heterocycles. The van der Waals surface area contributed by atoms with E-state index in [9.17, 15) is 14.4 Å². The van der Waals surface area contributed by atoms with Crippen LogP contribution < -0.4 is 10.6 Å². The third-order valence-corrected chi connectivity index (χ3v) is 9.88. The fraction of sp³-hybridized carbons (Fsp3) is 0.515. The highest BCUT2D eigenvalue weighted by Crippen LogP contribution is 2.55. The average molecular weight is 557 g/mol. The molecule has 0 unspecified atom stereocenters. The van der Waals surface area contributed by atoms with Gasteiger partial charge in [0.05, 0.1) is 17.9 Å². The zero-order valence-electron chi connectivity index (χ0n) is 24.2. The first-order valence-corrected chi connectivity index (χ1v) is 15.0. The fourth-order valence-electron chi connectivity index (χ4n) is 7.35. The molecule has 8 nitrogen and oxygen atoms in total. The van der Waals surface area contributed by atoms with Crippen LogP contribution in [-0.2, 0) is 25.7 Å². The van der Waals surface area contributed by atoms with Crippen LogP contribution in [-0.4, -0.2) is 51.4 Å². The number of aromatic nitrogens is 1. The first kappa shape index (κ1) is 27.6. The van der Waals surface area contributed by atoms with Crippen molar-refractivity contribution in [1.29, 1.82) is 0 Å². The van der Waals surface area contributed by atoms with Gasteiger partial charge in [-0.15, -0.1) is 0 Å². The molecular weight excluding hydrogens is 516 g/mol. The molecule has 0 radical (unpaired) electrons. The number of likely N-dealkylation sites (tertiary alicyclic amines) is 1. The second-order valence-electron chi connectivity index (χ2n) is 12.7. The summed E-state index contributed by atoms with van der Waals surface area (Å²) in [6, 6.07) is 10.7. The zero-order chi connectivity index (χ0) is 28.9. The molecule has 4 aliphatic rings. The van der Waals surface area contributed by atoms with E-state index in [1.807, 2.05) is 48.6 Å². The van der Waals surface area contributed by atoms with E-state index in [2.05, 4.69) is 43.3 Å². The Morgan fingerprint density at radius 1 is 1.12 bits per heavy atom. The number of carbonyl (C=O) groups excluding carboxylic acids is 3. The van der Waals surface area contributed by atoms with E-state index in [1.54, 1.807) is 17.3 Å². The smallest absolute Gasteiger partial charge is 0.246 e. The SMILES string of the molecule is CC(C)c1ccc(NC(=O)[C@H]2[C@H]3C=C[C@@]4(O3)[C@H]2C(=O)N(Cc2cccnc2)[C@@H]4C(=O)N[C@@H]2CCC[C@@H](C)[C@@H]2C)cc1. The van der Waals surface area contributed by atoms with Crippen molar-refractivity contribution in [3.63, 3.8) is 0 Å². The van der Waals surface area contributed by atoms with Gasteiger partial charge < -0.3 is 20.3 Å². The van der Waals surface area contributed by atoms with E-state index >= 15 is 0 Å². The summed E-state index contributed by atoms with van der Waals surface area (Å²) in [5.41, 5.74) is 1.48. The van der Waals surface area contributed by atoms with Gasteiger partial charge in [0.25, 0.3) is 0 Å². The van der Waals surface area contributed by atoms with Crippen molar-refractivity contribution in [2.75, 3.05) is 5.32 Å². The fourth-order valence-corrected chi connectivity index (χ4v) is 7.35. The summed E-state index contributed by atoms with van der Waals surface area (Å²) in [5.74, 6) is -1.02. The van der Waals surface area contributed by atoms with Crippen LogP contribution in [0.4, 0.5) is 5.69 Å². The number of nitrogens with one attached hydrogen (secondary N) is 2. The molecule has 2 N–H and O–H groups in total. The quantitative estimate of drug-likeness (QED) is 0.492. The minimum absolute atomic E-state index is 0.0348. The second kappa shape index (κ2) is 10.7.